The molecule has 2 rings (SSSR count). The Morgan fingerprint density at radius 3 is 2.47 bits per heavy atom. The summed E-state index contributed by atoms with van der Waals surface area (Å²) in [6, 6.07) is 2.10. The van der Waals surface area contributed by atoms with Crippen molar-refractivity contribution in [1.82, 2.24) is 9.97 Å². The number of nitrogen functional groups attached to an aromatic ring is 1. The SMILES string of the molecule is Cc1ncc(C[n+]2ccc(C)c(C)c2)c(N)n1.Cl.[Cl-]. The summed E-state index contributed by atoms with van der Waals surface area (Å²) in [5.41, 5.74) is 9.37. The molecule has 0 aliphatic heterocycles. The molecule has 2 aromatic heterocycles. The van der Waals surface area contributed by atoms with Crippen LogP contribution >= 0.6 is 12.4 Å². The zero-order valence-electron chi connectivity index (χ0n) is 11.2. The average molecular weight is 301 g/mol. The van der Waals surface area contributed by atoms with Gasteiger partial charge in [0, 0.05) is 17.8 Å². The van der Waals surface area contributed by atoms with Crippen LogP contribution in [0.3, 0.4) is 0 Å². The molecule has 6 heteroatoms. The average Bonchev–Trinajstić information content (AvgIpc) is 2.27. The minimum absolute atomic E-state index is 0. The number of hydrogen-bond donors (Lipinski definition) is 1. The van der Waals surface area contributed by atoms with E-state index in [4.69, 9.17) is 5.73 Å². The number of rotatable bonds is 2. The van der Waals surface area contributed by atoms with Crippen molar-refractivity contribution in [3.05, 3.63) is 47.2 Å². The number of aromatic nitrogens is 3. The lowest BCUT2D eigenvalue weighted by Gasteiger charge is -2.03. The van der Waals surface area contributed by atoms with Crippen molar-refractivity contribution < 1.29 is 17.0 Å². The molecule has 0 atom stereocenters. The molecular formula is C13H18Cl2N4. The molecule has 0 bridgehead atoms. The van der Waals surface area contributed by atoms with Crippen molar-refractivity contribution in [1.29, 1.82) is 0 Å². The van der Waals surface area contributed by atoms with Crippen molar-refractivity contribution in [2.24, 2.45) is 0 Å². The molecule has 0 spiro atoms. The second-order valence-corrected chi connectivity index (χ2v) is 4.31. The minimum atomic E-state index is 0. The summed E-state index contributed by atoms with van der Waals surface area (Å²) in [5.74, 6) is 1.26. The third kappa shape index (κ3) is 4.33. The first-order valence-corrected chi connectivity index (χ1v) is 5.60. The predicted octanol–water partition coefficient (Wildman–Crippen LogP) is -1.25. The number of anilines is 1. The standard InChI is InChI=1S/C13H17N4.2ClH/c1-9-4-5-17(7-10(9)2)8-12-6-15-11(3)16-13(12)14;;/h4-7H,8H2,1-3H3,(H2,14,15,16);2*1H/q+1;;/p-1. The summed E-state index contributed by atoms with van der Waals surface area (Å²) >= 11 is 0. The van der Waals surface area contributed by atoms with Gasteiger partial charge in [-0.25, -0.2) is 14.5 Å². The highest BCUT2D eigenvalue weighted by Crippen LogP contribution is 2.07. The van der Waals surface area contributed by atoms with Gasteiger partial charge in [0.25, 0.3) is 0 Å². The van der Waals surface area contributed by atoms with Crippen LogP contribution in [-0.4, -0.2) is 9.97 Å². The van der Waals surface area contributed by atoms with Gasteiger partial charge in [-0.15, -0.1) is 12.4 Å². The maximum atomic E-state index is 5.87. The van der Waals surface area contributed by atoms with Gasteiger partial charge in [0.15, 0.2) is 18.9 Å². The summed E-state index contributed by atoms with van der Waals surface area (Å²) in [6.07, 6.45) is 5.94. The maximum Gasteiger partial charge on any atom is 0.178 e. The Morgan fingerprint density at radius 2 is 1.89 bits per heavy atom. The van der Waals surface area contributed by atoms with E-state index < -0.39 is 0 Å². The van der Waals surface area contributed by atoms with Gasteiger partial charge in [-0.2, -0.15) is 0 Å². The lowest BCUT2D eigenvalue weighted by molar-refractivity contribution is -0.688. The number of halogens is 2. The van der Waals surface area contributed by atoms with E-state index in [9.17, 15) is 0 Å². The van der Waals surface area contributed by atoms with Crippen molar-refractivity contribution in [3.63, 3.8) is 0 Å². The number of pyridine rings is 1. The normalized spacial score (nSPS) is 9.42. The molecule has 2 aromatic rings. The molecule has 0 aliphatic rings. The summed E-state index contributed by atoms with van der Waals surface area (Å²) in [4.78, 5) is 8.33. The van der Waals surface area contributed by atoms with Crippen LogP contribution in [0.1, 0.15) is 22.5 Å². The van der Waals surface area contributed by atoms with E-state index in [-0.39, 0.29) is 24.8 Å². The molecule has 0 radical (unpaired) electrons. The molecule has 0 saturated heterocycles. The molecule has 0 fully saturated rings. The van der Waals surface area contributed by atoms with Gasteiger partial charge < -0.3 is 18.1 Å². The van der Waals surface area contributed by atoms with Crippen LogP contribution in [0.5, 0.6) is 0 Å². The lowest BCUT2D eigenvalue weighted by atomic mass is 10.2. The first-order chi connectivity index (χ1) is 8.06. The Kier molecular flexibility index (Phi) is 6.73. The number of aryl methyl sites for hydroxylation is 3. The van der Waals surface area contributed by atoms with E-state index in [1.807, 2.05) is 13.1 Å². The van der Waals surface area contributed by atoms with Crippen LogP contribution in [0.15, 0.2) is 24.7 Å². The topological polar surface area (TPSA) is 55.7 Å². The molecule has 0 amide bonds. The van der Waals surface area contributed by atoms with Crippen molar-refractivity contribution in [3.8, 4) is 0 Å². The van der Waals surface area contributed by atoms with E-state index in [1.54, 1.807) is 6.20 Å². The highest BCUT2D eigenvalue weighted by atomic mass is 35.5. The highest BCUT2D eigenvalue weighted by molar-refractivity contribution is 5.85. The molecule has 0 unspecified atom stereocenters. The minimum Gasteiger partial charge on any atom is -1.00 e. The summed E-state index contributed by atoms with van der Waals surface area (Å²) in [6.45, 7) is 6.74. The highest BCUT2D eigenvalue weighted by Gasteiger charge is 2.09. The van der Waals surface area contributed by atoms with E-state index in [1.165, 1.54) is 11.1 Å². The van der Waals surface area contributed by atoms with Crippen LogP contribution in [0.4, 0.5) is 5.82 Å². The van der Waals surface area contributed by atoms with Crippen LogP contribution in [0, 0.1) is 20.8 Å². The van der Waals surface area contributed by atoms with Gasteiger partial charge in [0.2, 0.25) is 0 Å². The quantitative estimate of drug-likeness (QED) is 0.705. The van der Waals surface area contributed by atoms with Crippen LogP contribution in [-0.2, 0) is 6.54 Å². The monoisotopic (exact) mass is 300 g/mol. The van der Waals surface area contributed by atoms with Crippen LogP contribution in [0.2, 0.25) is 0 Å². The summed E-state index contributed by atoms with van der Waals surface area (Å²) in [7, 11) is 0. The van der Waals surface area contributed by atoms with Gasteiger partial charge >= 0.3 is 0 Å². The summed E-state index contributed by atoms with van der Waals surface area (Å²) < 4.78 is 2.09. The maximum absolute atomic E-state index is 5.87. The molecule has 0 saturated carbocycles. The molecular weight excluding hydrogens is 283 g/mol. The molecule has 2 heterocycles. The van der Waals surface area contributed by atoms with Crippen molar-refractivity contribution in [2.45, 2.75) is 27.3 Å². The fourth-order valence-electron chi connectivity index (χ4n) is 1.66. The van der Waals surface area contributed by atoms with Gasteiger partial charge in [-0.05, 0) is 26.3 Å². The molecule has 2 N–H and O–H groups in total. The van der Waals surface area contributed by atoms with E-state index in [2.05, 4.69) is 40.6 Å². The Bertz CT molecular complexity index is 558. The van der Waals surface area contributed by atoms with Crippen molar-refractivity contribution >= 4 is 18.2 Å². The second-order valence-electron chi connectivity index (χ2n) is 4.31. The van der Waals surface area contributed by atoms with Crippen molar-refractivity contribution in [2.75, 3.05) is 5.73 Å². The molecule has 4 nitrogen and oxygen atoms in total. The van der Waals surface area contributed by atoms with Crippen LogP contribution < -0.4 is 22.7 Å². The number of nitrogens with two attached hydrogens (primary N) is 1. The first kappa shape index (κ1) is 17.6. The summed E-state index contributed by atoms with van der Waals surface area (Å²) in [5, 5.41) is 0. The van der Waals surface area contributed by atoms with Gasteiger partial charge in [0.1, 0.15) is 11.6 Å². The Morgan fingerprint density at radius 1 is 1.21 bits per heavy atom. The molecule has 19 heavy (non-hydrogen) atoms. The van der Waals surface area contributed by atoms with Crippen LogP contribution in [0.25, 0.3) is 0 Å². The zero-order valence-corrected chi connectivity index (χ0v) is 12.8. The zero-order chi connectivity index (χ0) is 12.4. The predicted molar refractivity (Wildman–Crippen MR) is 73.6 cm³/mol. The number of nitrogens with zero attached hydrogens (tertiary/aromatic N) is 3. The Balaban J connectivity index is 0.00000162. The first-order valence-electron chi connectivity index (χ1n) is 5.60. The number of hydrogen-bond acceptors (Lipinski definition) is 3. The van der Waals surface area contributed by atoms with Gasteiger partial charge in [-0.1, -0.05) is 0 Å². The third-order valence-corrected chi connectivity index (χ3v) is 2.87. The van der Waals surface area contributed by atoms with E-state index >= 15 is 0 Å². The van der Waals surface area contributed by atoms with E-state index in [0.29, 0.717) is 18.2 Å². The fourth-order valence-corrected chi connectivity index (χ4v) is 1.66. The largest absolute Gasteiger partial charge is 1.00 e. The van der Waals surface area contributed by atoms with Gasteiger partial charge in [0.05, 0.1) is 5.56 Å². The van der Waals surface area contributed by atoms with Gasteiger partial charge in [-0.3, -0.25) is 0 Å². The molecule has 0 aromatic carbocycles. The second kappa shape index (κ2) is 7.26. The Labute approximate surface area is 125 Å². The molecule has 104 valence electrons. The lowest BCUT2D eigenvalue weighted by Crippen LogP contribution is -3.00. The fraction of sp³-hybridized carbons (Fsp3) is 0.308. The molecule has 0 aliphatic carbocycles. The van der Waals surface area contributed by atoms with E-state index in [0.717, 1.165) is 5.56 Å². The Hall–Kier alpha value is -1.39. The smallest absolute Gasteiger partial charge is 0.178 e. The third-order valence-electron chi connectivity index (χ3n) is 2.87.